The second kappa shape index (κ2) is 5.55. The first-order valence-corrected chi connectivity index (χ1v) is 7.14. The van der Waals surface area contributed by atoms with Gasteiger partial charge in [0.25, 0.3) is 0 Å². The van der Waals surface area contributed by atoms with Gasteiger partial charge in [0, 0.05) is 30.7 Å². The van der Waals surface area contributed by atoms with Crippen LogP contribution in [0.2, 0.25) is 0 Å². The third-order valence-electron chi connectivity index (χ3n) is 4.10. The number of benzene rings is 1. The molecule has 1 aromatic carbocycles. The van der Waals surface area contributed by atoms with Crippen molar-refractivity contribution in [3.63, 3.8) is 0 Å². The summed E-state index contributed by atoms with van der Waals surface area (Å²) in [5.74, 6) is -0.852. The van der Waals surface area contributed by atoms with Crippen molar-refractivity contribution in [2.75, 3.05) is 13.1 Å². The summed E-state index contributed by atoms with van der Waals surface area (Å²) < 4.78 is 27.5. The van der Waals surface area contributed by atoms with Crippen LogP contribution in [0.3, 0.4) is 0 Å². The minimum Gasteiger partial charge on any atom is -0.313 e. The first-order valence-electron chi connectivity index (χ1n) is 7.14. The van der Waals surface area contributed by atoms with E-state index in [4.69, 9.17) is 0 Å². The van der Waals surface area contributed by atoms with E-state index in [0.717, 1.165) is 25.9 Å². The van der Waals surface area contributed by atoms with Crippen LogP contribution in [-0.4, -0.2) is 30.1 Å². The lowest BCUT2D eigenvalue weighted by Gasteiger charge is -2.26. The molecule has 2 aliphatic rings. The molecule has 0 aromatic heterocycles. The molecule has 1 saturated heterocycles. The standard InChI is InChI=1S/C15H20F2N2/c16-14-4-1-5-15(17)13(14)10-19(12-6-7-12)9-11-3-2-8-18-11/h1,4-5,11-12,18H,2-3,6-10H2. The zero-order valence-electron chi connectivity index (χ0n) is 11.0. The van der Waals surface area contributed by atoms with E-state index in [0.29, 0.717) is 18.6 Å². The van der Waals surface area contributed by atoms with Gasteiger partial charge in [-0.2, -0.15) is 0 Å². The van der Waals surface area contributed by atoms with Crippen LogP contribution >= 0.6 is 0 Å². The van der Waals surface area contributed by atoms with Gasteiger partial charge in [-0.3, -0.25) is 4.90 Å². The maximum Gasteiger partial charge on any atom is 0.130 e. The summed E-state index contributed by atoms with van der Waals surface area (Å²) in [6, 6.07) is 5.11. The fourth-order valence-corrected chi connectivity index (χ4v) is 2.86. The fourth-order valence-electron chi connectivity index (χ4n) is 2.86. The van der Waals surface area contributed by atoms with E-state index in [1.54, 1.807) is 0 Å². The van der Waals surface area contributed by atoms with Crippen LogP contribution in [0.5, 0.6) is 0 Å². The first kappa shape index (κ1) is 13.0. The molecule has 2 nitrogen and oxygen atoms in total. The number of rotatable bonds is 5. The maximum atomic E-state index is 13.7. The van der Waals surface area contributed by atoms with Crippen molar-refractivity contribution in [2.45, 2.75) is 44.3 Å². The molecular formula is C15H20F2N2. The Kier molecular flexibility index (Phi) is 3.80. The minimum atomic E-state index is -0.426. The normalized spacial score (nSPS) is 23.2. The molecule has 0 bridgehead atoms. The van der Waals surface area contributed by atoms with Crippen LogP contribution < -0.4 is 5.32 Å². The molecule has 4 heteroatoms. The number of hydrogen-bond donors (Lipinski definition) is 1. The van der Waals surface area contributed by atoms with E-state index >= 15 is 0 Å². The Morgan fingerprint density at radius 3 is 2.47 bits per heavy atom. The Bertz CT molecular complexity index is 420. The Hall–Kier alpha value is -1.00. The van der Waals surface area contributed by atoms with Crippen molar-refractivity contribution in [1.82, 2.24) is 10.2 Å². The molecule has 1 N–H and O–H groups in total. The van der Waals surface area contributed by atoms with Crippen LogP contribution in [0.1, 0.15) is 31.2 Å². The average molecular weight is 266 g/mol. The van der Waals surface area contributed by atoms with Crippen molar-refractivity contribution in [3.05, 3.63) is 35.4 Å². The Balaban J connectivity index is 1.70. The van der Waals surface area contributed by atoms with Crippen LogP contribution in [0, 0.1) is 11.6 Å². The Morgan fingerprint density at radius 1 is 1.16 bits per heavy atom. The van der Waals surface area contributed by atoms with Gasteiger partial charge in [-0.1, -0.05) is 6.07 Å². The van der Waals surface area contributed by atoms with Crippen LogP contribution in [0.15, 0.2) is 18.2 Å². The molecule has 104 valence electrons. The zero-order valence-corrected chi connectivity index (χ0v) is 11.0. The zero-order chi connectivity index (χ0) is 13.2. The van der Waals surface area contributed by atoms with E-state index in [1.807, 2.05) is 0 Å². The first-order chi connectivity index (χ1) is 9.24. The second-order valence-corrected chi connectivity index (χ2v) is 5.65. The summed E-state index contributed by atoms with van der Waals surface area (Å²) in [4.78, 5) is 2.24. The topological polar surface area (TPSA) is 15.3 Å². The van der Waals surface area contributed by atoms with Crippen molar-refractivity contribution >= 4 is 0 Å². The highest BCUT2D eigenvalue weighted by molar-refractivity contribution is 5.20. The summed E-state index contributed by atoms with van der Waals surface area (Å²) in [6.07, 6.45) is 4.69. The van der Waals surface area contributed by atoms with E-state index in [-0.39, 0.29) is 5.56 Å². The van der Waals surface area contributed by atoms with Crippen LogP contribution in [-0.2, 0) is 6.54 Å². The highest BCUT2D eigenvalue weighted by atomic mass is 19.1. The van der Waals surface area contributed by atoms with Crippen molar-refractivity contribution in [3.8, 4) is 0 Å². The summed E-state index contributed by atoms with van der Waals surface area (Å²) in [6.45, 7) is 2.36. The highest BCUT2D eigenvalue weighted by Gasteiger charge is 2.32. The van der Waals surface area contributed by atoms with E-state index < -0.39 is 11.6 Å². The lowest BCUT2D eigenvalue weighted by atomic mass is 10.1. The predicted molar refractivity (Wildman–Crippen MR) is 70.8 cm³/mol. The summed E-state index contributed by atoms with van der Waals surface area (Å²) in [7, 11) is 0. The fraction of sp³-hybridized carbons (Fsp3) is 0.600. The molecule has 3 rings (SSSR count). The molecule has 1 aliphatic carbocycles. The van der Waals surface area contributed by atoms with Gasteiger partial charge in [0.05, 0.1) is 0 Å². The summed E-state index contributed by atoms with van der Waals surface area (Å²) in [5, 5.41) is 3.46. The van der Waals surface area contributed by atoms with Crippen LogP contribution in [0.4, 0.5) is 8.78 Å². The smallest absolute Gasteiger partial charge is 0.130 e. The van der Waals surface area contributed by atoms with Gasteiger partial charge in [-0.05, 0) is 44.4 Å². The van der Waals surface area contributed by atoms with E-state index in [9.17, 15) is 8.78 Å². The number of hydrogen-bond acceptors (Lipinski definition) is 2. The Labute approximate surface area is 112 Å². The summed E-state index contributed by atoms with van der Waals surface area (Å²) >= 11 is 0. The van der Waals surface area contributed by atoms with Gasteiger partial charge in [-0.25, -0.2) is 8.78 Å². The molecule has 1 heterocycles. The SMILES string of the molecule is Fc1cccc(F)c1CN(CC1CCCN1)C1CC1. The molecule has 1 saturated carbocycles. The average Bonchev–Trinajstić information content (AvgIpc) is 3.11. The minimum absolute atomic E-state index is 0.215. The molecule has 2 fully saturated rings. The molecule has 0 spiro atoms. The molecule has 19 heavy (non-hydrogen) atoms. The molecule has 1 aromatic rings. The van der Waals surface area contributed by atoms with Crippen molar-refractivity contribution in [1.29, 1.82) is 0 Å². The van der Waals surface area contributed by atoms with Gasteiger partial charge in [0.1, 0.15) is 11.6 Å². The number of nitrogens with zero attached hydrogens (tertiary/aromatic N) is 1. The number of halogens is 2. The van der Waals surface area contributed by atoms with Gasteiger partial charge in [-0.15, -0.1) is 0 Å². The molecule has 1 aliphatic heterocycles. The predicted octanol–water partition coefficient (Wildman–Crippen LogP) is 2.68. The molecular weight excluding hydrogens is 246 g/mol. The quantitative estimate of drug-likeness (QED) is 0.881. The summed E-state index contributed by atoms with van der Waals surface area (Å²) in [5.41, 5.74) is 0.215. The number of nitrogens with one attached hydrogen (secondary N) is 1. The maximum absolute atomic E-state index is 13.7. The largest absolute Gasteiger partial charge is 0.313 e. The third kappa shape index (κ3) is 3.12. The van der Waals surface area contributed by atoms with E-state index in [2.05, 4.69) is 10.2 Å². The molecule has 1 unspecified atom stereocenters. The highest BCUT2D eigenvalue weighted by Crippen LogP contribution is 2.30. The Morgan fingerprint density at radius 2 is 1.89 bits per heavy atom. The van der Waals surface area contributed by atoms with Crippen LogP contribution in [0.25, 0.3) is 0 Å². The second-order valence-electron chi connectivity index (χ2n) is 5.65. The lowest BCUT2D eigenvalue weighted by Crippen LogP contribution is -2.38. The molecule has 0 amide bonds. The van der Waals surface area contributed by atoms with E-state index in [1.165, 1.54) is 31.0 Å². The van der Waals surface area contributed by atoms with Gasteiger partial charge in [0.15, 0.2) is 0 Å². The third-order valence-corrected chi connectivity index (χ3v) is 4.10. The van der Waals surface area contributed by atoms with Crippen molar-refractivity contribution < 1.29 is 8.78 Å². The van der Waals surface area contributed by atoms with Gasteiger partial charge in [0.2, 0.25) is 0 Å². The lowest BCUT2D eigenvalue weighted by molar-refractivity contribution is 0.225. The van der Waals surface area contributed by atoms with Gasteiger partial charge >= 0.3 is 0 Å². The monoisotopic (exact) mass is 266 g/mol. The molecule has 1 atom stereocenters. The van der Waals surface area contributed by atoms with Gasteiger partial charge < -0.3 is 5.32 Å². The van der Waals surface area contributed by atoms with Crippen molar-refractivity contribution in [2.24, 2.45) is 0 Å². The molecule has 0 radical (unpaired) electrons.